The molecule has 3 heteroatoms. The Morgan fingerprint density at radius 1 is 1.40 bits per heavy atom. The molecule has 0 saturated heterocycles. The third kappa shape index (κ3) is 3.36. The van der Waals surface area contributed by atoms with Crippen molar-refractivity contribution in [2.24, 2.45) is 11.7 Å². The van der Waals surface area contributed by atoms with Crippen molar-refractivity contribution in [2.45, 2.75) is 19.4 Å². The summed E-state index contributed by atoms with van der Waals surface area (Å²) in [5.74, 6) is -0.508. The monoisotopic (exact) mass is 207 g/mol. The first-order valence-corrected chi connectivity index (χ1v) is 5.02. The normalized spacial score (nSPS) is 14.3. The Labute approximate surface area is 90.2 Å². The molecule has 0 aliphatic heterocycles. The van der Waals surface area contributed by atoms with E-state index in [0.29, 0.717) is 6.42 Å². The lowest BCUT2D eigenvalue weighted by molar-refractivity contribution is -0.146. The zero-order chi connectivity index (χ0) is 11.3. The quantitative estimate of drug-likeness (QED) is 0.758. The van der Waals surface area contributed by atoms with Crippen molar-refractivity contribution >= 4 is 5.97 Å². The van der Waals surface area contributed by atoms with Gasteiger partial charge in [-0.1, -0.05) is 30.3 Å². The van der Waals surface area contributed by atoms with Gasteiger partial charge in [0.1, 0.15) is 0 Å². The molecule has 0 heterocycles. The molecule has 0 saturated carbocycles. The molecular formula is C12H17NO2. The fourth-order valence-electron chi connectivity index (χ4n) is 1.50. The van der Waals surface area contributed by atoms with Crippen LogP contribution in [0.5, 0.6) is 0 Å². The van der Waals surface area contributed by atoms with E-state index < -0.39 is 0 Å². The number of methoxy groups -OCH3 is 1. The lowest BCUT2D eigenvalue weighted by Crippen LogP contribution is -2.35. The van der Waals surface area contributed by atoms with Crippen molar-refractivity contribution in [1.29, 1.82) is 0 Å². The smallest absolute Gasteiger partial charge is 0.310 e. The Balaban J connectivity index is 2.72. The fourth-order valence-corrected chi connectivity index (χ4v) is 1.50. The van der Waals surface area contributed by atoms with Crippen LogP contribution >= 0.6 is 0 Å². The SMILES string of the molecule is COC(=O)[C@@H](Cc1ccccc1)[C@H](C)N. The first-order chi connectivity index (χ1) is 7.15. The number of hydrogen-bond acceptors (Lipinski definition) is 3. The molecule has 0 aliphatic carbocycles. The standard InChI is InChI=1S/C12H17NO2/c1-9(13)11(12(14)15-2)8-10-6-4-3-5-7-10/h3-7,9,11H,8,13H2,1-2H3/t9-,11-/m0/s1. The third-order valence-electron chi connectivity index (χ3n) is 2.44. The van der Waals surface area contributed by atoms with E-state index in [1.54, 1.807) is 0 Å². The Hall–Kier alpha value is -1.35. The molecule has 1 aromatic rings. The molecule has 82 valence electrons. The van der Waals surface area contributed by atoms with Crippen molar-refractivity contribution < 1.29 is 9.53 Å². The summed E-state index contributed by atoms with van der Waals surface area (Å²) in [5.41, 5.74) is 6.86. The second-order valence-electron chi connectivity index (χ2n) is 3.68. The average molecular weight is 207 g/mol. The molecule has 0 bridgehead atoms. The number of carbonyl (C=O) groups is 1. The van der Waals surface area contributed by atoms with Crippen LogP contribution in [-0.2, 0) is 16.0 Å². The molecule has 0 radical (unpaired) electrons. The topological polar surface area (TPSA) is 52.3 Å². The molecule has 1 aromatic carbocycles. The van der Waals surface area contributed by atoms with Crippen molar-refractivity contribution in [1.82, 2.24) is 0 Å². The third-order valence-corrected chi connectivity index (χ3v) is 2.44. The Morgan fingerprint density at radius 3 is 2.47 bits per heavy atom. The summed E-state index contributed by atoms with van der Waals surface area (Å²) in [6.45, 7) is 1.82. The summed E-state index contributed by atoms with van der Waals surface area (Å²) in [6.07, 6.45) is 0.630. The van der Waals surface area contributed by atoms with E-state index in [-0.39, 0.29) is 17.9 Å². The van der Waals surface area contributed by atoms with Crippen LogP contribution in [-0.4, -0.2) is 19.1 Å². The molecule has 0 aromatic heterocycles. The lowest BCUT2D eigenvalue weighted by Gasteiger charge is -2.18. The fraction of sp³-hybridized carbons (Fsp3) is 0.417. The number of esters is 1. The van der Waals surface area contributed by atoms with Crippen LogP contribution in [0.2, 0.25) is 0 Å². The Bertz CT molecular complexity index is 309. The average Bonchev–Trinajstić information content (AvgIpc) is 2.26. The van der Waals surface area contributed by atoms with Gasteiger partial charge in [-0.25, -0.2) is 0 Å². The van der Waals surface area contributed by atoms with Crippen LogP contribution < -0.4 is 5.73 Å². The van der Waals surface area contributed by atoms with Gasteiger partial charge in [0.25, 0.3) is 0 Å². The largest absolute Gasteiger partial charge is 0.469 e. The van der Waals surface area contributed by atoms with Gasteiger partial charge in [0.15, 0.2) is 0 Å². The van der Waals surface area contributed by atoms with E-state index in [1.807, 2.05) is 37.3 Å². The Morgan fingerprint density at radius 2 is 2.00 bits per heavy atom. The van der Waals surface area contributed by atoms with Gasteiger partial charge < -0.3 is 10.5 Å². The van der Waals surface area contributed by atoms with E-state index in [4.69, 9.17) is 10.5 Å². The molecule has 15 heavy (non-hydrogen) atoms. The van der Waals surface area contributed by atoms with Crippen LogP contribution in [0, 0.1) is 5.92 Å². The second-order valence-corrected chi connectivity index (χ2v) is 3.68. The van der Waals surface area contributed by atoms with E-state index in [1.165, 1.54) is 7.11 Å². The molecule has 0 amide bonds. The summed E-state index contributed by atoms with van der Waals surface area (Å²) in [6, 6.07) is 9.62. The molecule has 2 N–H and O–H groups in total. The van der Waals surface area contributed by atoms with Crippen LogP contribution in [0.4, 0.5) is 0 Å². The molecule has 0 unspecified atom stereocenters. The zero-order valence-electron chi connectivity index (χ0n) is 9.14. The summed E-state index contributed by atoms with van der Waals surface area (Å²) >= 11 is 0. The van der Waals surface area contributed by atoms with Crippen molar-refractivity contribution in [2.75, 3.05) is 7.11 Å². The van der Waals surface area contributed by atoms with Crippen LogP contribution in [0.1, 0.15) is 12.5 Å². The Kier molecular flexibility index (Phi) is 4.31. The van der Waals surface area contributed by atoms with E-state index >= 15 is 0 Å². The molecule has 0 spiro atoms. The van der Waals surface area contributed by atoms with Gasteiger partial charge >= 0.3 is 5.97 Å². The second kappa shape index (κ2) is 5.51. The number of carbonyl (C=O) groups excluding carboxylic acids is 1. The van der Waals surface area contributed by atoms with Gasteiger partial charge in [-0.15, -0.1) is 0 Å². The van der Waals surface area contributed by atoms with Gasteiger partial charge in [-0.2, -0.15) is 0 Å². The van der Waals surface area contributed by atoms with Crippen LogP contribution in [0.25, 0.3) is 0 Å². The first-order valence-electron chi connectivity index (χ1n) is 5.02. The van der Waals surface area contributed by atoms with E-state index in [0.717, 1.165) is 5.56 Å². The number of rotatable bonds is 4. The lowest BCUT2D eigenvalue weighted by atomic mass is 9.94. The number of benzene rings is 1. The highest BCUT2D eigenvalue weighted by Gasteiger charge is 2.23. The maximum absolute atomic E-state index is 11.5. The van der Waals surface area contributed by atoms with Gasteiger partial charge in [-0.3, -0.25) is 4.79 Å². The summed E-state index contributed by atoms with van der Waals surface area (Å²) < 4.78 is 4.73. The molecular weight excluding hydrogens is 190 g/mol. The molecule has 1 rings (SSSR count). The van der Waals surface area contributed by atoms with Gasteiger partial charge in [-0.05, 0) is 18.9 Å². The number of nitrogens with two attached hydrogens (primary N) is 1. The zero-order valence-corrected chi connectivity index (χ0v) is 9.14. The predicted molar refractivity (Wildman–Crippen MR) is 59.3 cm³/mol. The molecule has 0 aliphatic rings. The predicted octanol–water partition coefficient (Wildman–Crippen LogP) is 1.37. The maximum Gasteiger partial charge on any atom is 0.310 e. The van der Waals surface area contributed by atoms with Gasteiger partial charge in [0.2, 0.25) is 0 Å². The highest BCUT2D eigenvalue weighted by atomic mass is 16.5. The highest BCUT2D eigenvalue weighted by molar-refractivity contribution is 5.73. The van der Waals surface area contributed by atoms with Gasteiger partial charge in [0.05, 0.1) is 13.0 Å². The van der Waals surface area contributed by atoms with Crippen molar-refractivity contribution in [3.05, 3.63) is 35.9 Å². The molecule has 0 fully saturated rings. The summed E-state index contributed by atoms with van der Waals surface area (Å²) in [7, 11) is 1.39. The first kappa shape index (κ1) is 11.7. The van der Waals surface area contributed by atoms with E-state index in [2.05, 4.69) is 0 Å². The highest BCUT2D eigenvalue weighted by Crippen LogP contribution is 2.12. The number of hydrogen-bond donors (Lipinski definition) is 1. The number of ether oxygens (including phenoxy) is 1. The molecule has 2 atom stereocenters. The molecule has 3 nitrogen and oxygen atoms in total. The minimum atomic E-state index is -0.266. The van der Waals surface area contributed by atoms with Crippen LogP contribution in [0.15, 0.2) is 30.3 Å². The summed E-state index contributed by atoms with van der Waals surface area (Å²) in [5, 5.41) is 0. The van der Waals surface area contributed by atoms with Crippen molar-refractivity contribution in [3.63, 3.8) is 0 Å². The van der Waals surface area contributed by atoms with Crippen molar-refractivity contribution in [3.8, 4) is 0 Å². The van der Waals surface area contributed by atoms with Gasteiger partial charge in [0, 0.05) is 6.04 Å². The minimum absolute atomic E-state index is 0.197. The van der Waals surface area contributed by atoms with E-state index in [9.17, 15) is 4.79 Å². The summed E-state index contributed by atoms with van der Waals surface area (Å²) in [4.78, 5) is 11.5. The minimum Gasteiger partial charge on any atom is -0.469 e. The maximum atomic E-state index is 11.5. The van der Waals surface area contributed by atoms with Crippen LogP contribution in [0.3, 0.4) is 0 Å².